The lowest BCUT2D eigenvalue weighted by Crippen LogP contribution is -2.01. The van der Waals surface area contributed by atoms with Gasteiger partial charge in [-0.05, 0) is 26.0 Å². The van der Waals surface area contributed by atoms with Crippen molar-refractivity contribution < 1.29 is 14.4 Å². The van der Waals surface area contributed by atoms with Crippen molar-refractivity contribution in [3.8, 4) is 5.75 Å². The number of halogens is 1. The molecule has 0 atom stereocenters. The summed E-state index contributed by atoms with van der Waals surface area (Å²) in [5.74, 6) is 1.31. The summed E-state index contributed by atoms with van der Waals surface area (Å²) in [5.41, 5.74) is 2.31. The Morgan fingerprint density at radius 2 is 2.11 bits per heavy atom. The first kappa shape index (κ1) is 12.9. The summed E-state index contributed by atoms with van der Waals surface area (Å²) < 4.78 is 10.7. The van der Waals surface area contributed by atoms with Gasteiger partial charge in [-0.1, -0.05) is 22.8 Å². The second-order valence-corrected chi connectivity index (χ2v) is 4.37. The minimum atomic E-state index is -0.156. The summed E-state index contributed by atoms with van der Waals surface area (Å²) >= 11 is 5.98. The molecule has 1 heterocycles. The van der Waals surface area contributed by atoms with Gasteiger partial charge in [0.05, 0.1) is 17.9 Å². The van der Waals surface area contributed by atoms with Gasteiger partial charge in [-0.15, -0.1) is 0 Å². The summed E-state index contributed by atoms with van der Waals surface area (Å²) in [6.07, 6.45) is 0. The monoisotopic (exact) mass is 267 g/mol. The molecule has 4 nitrogen and oxygen atoms in total. The van der Waals surface area contributed by atoms with Crippen molar-refractivity contribution in [3.05, 3.63) is 45.8 Å². The molecule has 0 spiro atoms. The van der Waals surface area contributed by atoms with E-state index in [1.54, 1.807) is 18.2 Å². The Labute approximate surface area is 110 Å². The van der Waals surface area contributed by atoms with Gasteiger partial charge in [0.25, 0.3) is 0 Å². The van der Waals surface area contributed by atoms with E-state index in [1.165, 1.54) is 0 Å². The normalized spacial score (nSPS) is 10.7. The third-order valence-electron chi connectivity index (χ3n) is 2.79. The molecule has 0 amide bonds. The molecule has 0 aliphatic carbocycles. The predicted octanol–water partition coefficient (Wildman–Crippen LogP) is 3.02. The van der Waals surface area contributed by atoms with Gasteiger partial charge in [-0.2, -0.15) is 0 Å². The molecule has 1 aromatic heterocycles. The fourth-order valence-corrected chi connectivity index (χ4v) is 1.91. The summed E-state index contributed by atoms with van der Waals surface area (Å²) in [6, 6.07) is 5.27. The van der Waals surface area contributed by atoms with E-state index >= 15 is 0 Å². The highest BCUT2D eigenvalue weighted by molar-refractivity contribution is 6.31. The average molecular weight is 268 g/mol. The number of aliphatic hydroxyl groups is 1. The van der Waals surface area contributed by atoms with Gasteiger partial charge >= 0.3 is 0 Å². The zero-order valence-electron chi connectivity index (χ0n) is 10.2. The molecule has 0 fully saturated rings. The maximum Gasteiger partial charge on any atom is 0.140 e. The molecule has 1 aromatic carbocycles. The molecule has 0 saturated heterocycles. The van der Waals surface area contributed by atoms with Crippen LogP contribution in [-0.4, -0.2) is 10.3 Å². The maximum atomic E-state index is 9.27. The van der Waals surface area contributed by atoms with Gasteiger partial charge in [0.1, 0.15) is 18.1 Å². The zero-order chi connectivity index (χ0) is 13.1. The van der Waals surface area contributed by atoms with Crippen LogP contribution in [0, 0.1) is 13.8 Å². The van der Waals surface area contributed by atoms with Crippen molar-refractivity contribution in [2.45, 2.75) is 27.1 Å². The molecule has 0 saturated carbocycles. The van der Waals surface area contributed by atoms with Crippen LogP contribution in [0.4, 0.5) is 0 Å². The zero-order valence-corrected chi connectivity index (χ0v) is 11.0. The van der Waals surface area contributed by atoms with Gasteiger partial charge < -0.3 is 14.4 Å². The standard InChI is InChI=1S/C13H14ClNO3/c1-8-11(9(2)18-15-8)7-17-13-5-3-4-12(14)10(13)6-16/h3-5,16H,6-7H2,1-2H3. The van der Waals surface area contributed by atoms with E-state index in [0.717, 1.165) is 17.0 Å². The fourth-order valence-electron chi connectivity index (χ4n) is 1.69. The van der Waals surface area contributed by atoms with E-state index in [4.69, 9.17) is 20.9 Å². The maximum absolute atomic E-state index is 9.27. The van der Waals surface area contributed by atoms with Gasteiger partial charge in [0.2, 0.25) is 0 Å². The van der Waals surface area contributed by atoms with Crippen LogP contribution in [0.5, 0.6) is 5.75 Å². The van der Waals surface area contributed by atoms with Crippen LogP contribution < -0.4 is 4.74 Å². The Kier molecular flexibility index (Phi) is 3.89. The van der Waals surface area contributed by atoms with Crippen molar-refractivity contribution >= 4 is 11.6 Å². The highest BCUT2D eigenvalue weighted by Crippen LogP contribution is 2.27. The SMILES string of the molecule is Cc1noc(C)c1COc1cccc(Cl)c1CO. The molecule has 2 aromatic rings. The quantitative estimate of drug-likeness (QED) is 0.925. The van der Waals surface area contributed by atoms with Crippen LogP contribution >= 0.6 is 11.6 Å². The average Bonchev–Trinajstić information content (AvgIpc) is 2.67. The highest BCUT2D eigenvalue weighted by Gasteiger charge is 2.12. The Morgan fingerprint density at radius 1 is 1.33 bits per heavy atom. The summed E-state index contributed by atoms with van der Waals surface area (Å²) in [4.78, 5) is 0. The lowest BCUT2D eigenvalue weighted by Gasteiger charge is -2.11. The van der Waals surface area contributed by atoms with Crippen molar-refractivity contribution in [1.82, 2.24) is 5.16 Å². The van der Waals surface area contributed by atoms with Crippen molar-refractivity contribution in [2.24, 2.45) is 0 Å². The molecule has 0 unspecified atom stereocenters. The van der Waals surface area contributed by atoms with Crippen LogP contribution in [0.25, 0.3) is 0 Å². The lowest BCUT2D eigenvalue weighted by molar-refractivity contribution is 0.258. The first-order valence-corrected chi connectivity index (χ1v) is 5.94. The number of aryl methyl sites for hydroxylation is 2. The minimum absolute atomic E-state index is 0.156. The number of hydrogen-bond acceptors (Lipinski definition) is 4. The van der Waals surface area contributed by atoms with Gasteiger partial charge in [-0.25, -0.2) is 0 Å². The molecule has 0 radical (unpaired) electrons. The van der Waals surface area contributed by atoms with Crippen LogP contribution in [0.3, 0.4) is 0 Å². The second kappa shape index (κ2) is 5.42. The fraction of sp³-hybridized carbons (Fsp3) is 0.308. The number of aromatic nitrogens is 1. The number of rotatable bonds is 4. The first-order chi connectivity index (χ1) is 8.63. The van der Waals surface area contributed by atoms with Crippen molar-refractivity contribution in [1.29, 1.82) is 0 Å². The van der Waals surface area contributed by atoms with E-state index in [2.05, 4.69) is 5.16 Å². The van der Waals surface area contributed by atoms with E-state index < -0.39 is 0 Å². The second-order valence-electron chi connectivity index (χ2n) is 3.97. The molecular formula is C13H14ClNO3. The molecule has 2 rings (SSSR count). The Bertz CT molecular complexity index is 532. The smallest absolute Gasteiger partial charge is 0.140 e. The summed E-state index contributed by atoms with van der Waals surface area (Å²) in [7, 11) is 0. The Hall–Kier alpha value is -1.52. The molecular weight excluding hydrogens is 254 g/mol. The van der Waals surface area contributed by atoms with Crippen LogP contribution in [-0.2, 0) is 13.2 Å². The van der Waals surface area contributed by atoms with Gasteiger partial charge in [-0.3, -0.25) is 0 Å². The summed E-state index contributed by atoms with van der Waals surface area (Å²) in [6.45, 7) is 3.88. The molecule has 0 aliphatic rings. The topological polar surface area (TPSA) is 55.5 Å². The molecule has 18 heavy (non-hydrogen) atoms. The molecule has 96 valence electrons. The molecule has 1 N–H and O–H groups in total. The highest BCUT2D eigenvalue weighted by atomic mass is 35.5. The van der Waals surface area contributed by atoms with E-state index in [0.29, 0.717) is 22.9 Å². The van der Waals surface area contributed by atoms with Crippen LogP contribution in [0.15, 0.2) is 22.7 Å². The van der Waals surface area contributed by atoms with Crippen LogP contribution in [0.1, 0.15) is 22.6 Å². The van der Waals surface area contributed by atoms with E-state index in [9.17, 15) is 5.11 Å². The van der Waals surface area contributed by atoms with Crippen LogP contribution in [0.2, 0.25) is 5.02 Å². The predicted molar refractivity (Wildman–Crippen MR) is 67.7 cm³/mol. The Morgan fingerprint density at radius 3 is 2.72 bits per heavy atom. The third kappa shape index (κ3) is 2.49. The van der Waals surface area contributed by atoms with E-state index in [-0.39, 0.29) is 6.61 Å². The number of benzene rings is 1. The largest absolute Gasteiger partial charge is 0.488 e. The third-order valence-corrected chi connectivity index (χ3v) is 3.14. The molecule has 0 bridgehead atoms. The Balaban J connectivity index is 2.18. The number of ether oxygens (including phenoxy) is 1. The minimum Gasteiger partial charge on any atom is -0.488 e. The lowest BCUT2D eigenvalue weighted by atomic mass is 10.2. The first-order valence-electron chi connectivity index (χ1n) is 5.56. The van der Waals surface area contributed by atoms with Gasteiger partial charge in [0, 0.05) is 10.6 Å². The summed E-state index contributed by atoms with van der Waals surface area (Å²) in [5, 5.41) is 13.6. The number of aliphatic hydroxyl groups excluding tert-OH is 1. The molecule has 0 aliphatic heterocycles. The number of hydrogen-bond donors (Lipinski definition) is 1. The van der Waals surface area contributed by atoms with Crippen molar-refractivity contribution in [2.75, 3.05) is 0 Å². The van der Waals surface area contributed by atoms with E-state index in [1.807, 2.05) is 13.8 Å². The molecule has 5 heteroatoms. The van der Waals surface area contributed by atoms with Gasteiger partial charge in [0.15, 0.2) is 0 Å². The van der Waals surface area contributed by atoms with Crippen molar-refractivity contribution in [3.63, 3.8) is 0 Å². The number of nitrogens with zero attached hydrogens (tertiary/aromatic N) is 1.